The first-order chi connectivity index (χ1) is 9.65. The molecule has 2 aromatic rings. The third-order valence-electron chi connectivity index (χ3n) is 2.94. The SMILES string of the molecule is COc1ccc(CC(=O)c2c(Br)cccc2C#N)cc1. The second-order valence-corrected chi connectivity index (χ2v) is 5.08. The number of halogens is 1. The summed E-state index contributed by atoms with van der Waals surface area (Å²) in [5, 5.41) is 9.09. The molecule has 0 saturated carbocycles. The highest BCUT2D eigenvalue weighted by atomic mass is 79.9. The Kier molecular flexibility index (Phi) is 4.54. The number of methoxy groups -OCH3 is 1. The molecule has 0 atom stereocenters. The Hall–Kier alpha value is -2.12. The molecule has 0 aliphatic carbocycles. The zero-order valence-electron chi connectivity index (χ0n) is 10.9. The molecule has 100 valence electrons. The molecule has 0 N–H and O–H groups in total. The number of carbonyl (C=O) groups excluding carboxylic acids is 1. The predicted octanol–water partition coefficient (Wildman–Crippen LogP) is 3.75. The van der Waals surface area contributed by atoms with Gasteiger partial charge in [-0.1, -0.05) is 34.1 Å². The van der Waals surface area contributed by atoms with E-state index in [0.29, 0.717) is 15.6 Å². The van der Waals surface area contributed by atoms with Gasteiger partial charge in [0.15, 0.2) is 5.78 Å². The van der Waals surface area contributed by atoms with E-state index in [4.69, 9.17) is 10.00 Å². The van der Waals surface area contributed by atoms with E-state index in [0.717, 1.165) is 11.3 Å². The smallest absolute Gasteiger partial charge is 0.169 e. The molecule has 0 radical (unpaired) electrons. The van der Waals surface area contributed by atoms with Crippen molar-refractivity contribution in [2.75, 3.05) is 7.11 Å². The molecular formula is C16H12BrNO2. The number of rotatable bonds is 4. The number of benzene rings is 2. The van der Waals surface area contributed by atoms with Crippen molar-refractivity contribution in [1.82, 2.24) is 0 Å². The monoisotopic (exact) mass is 329 g/mol. The van der Waals surface area contributed by atoms with Crippen molar-refractivity contribution in [2.45, 2.75) is 6.42 Å². The second-order valence-electron chi connectivity index (χ2n) is 4.22. The van der Waals surface area contributed by atoms with Crippen LogP contribution in [0, 0.1) is 11.3 Å². The average Bonchev–Trinajstić information content (AvgIpc) is 2.47. The molecule has 0 fully saturated rings. The maximum absolute atomic E-state index is 12.4. The molecule has 2 rings (SSSR count). The maximum Gasteiger partial charge on any atom is 0.169 e. The number of nitriles is 1. The summed E-state index contributed by atoms with van der Waals surface area (Å²) in [5.74, 6) is 0.666. The standard InChI is InChI=1S/C16H12BrNO2/c1-20-13-7-5-11(6-8-13)9-15(19)16-12(10-18)3-2-4-14(16)17/h2-8H,9H2,1H3. The van der Waals surface area contributed by atoms with E-state index in [1.807, 2.05) is 24.3 Å². The molecule has 0 saturated heterocycles. The third kappa shape index (κ3) is 3.06. The lowest BCUT2D eigenvalue weighted by Crippen LogP contribution is -2.07. The van der Waals surface area contributed by atoms with Gasteiger partial charge in [-0.3, -0.25) is 4.79 Å². The Bertz CT molecular complexity index is 672. The van der Waals surface area contributed by atoms with Crippen LogP contribution >= 0.6 is 15.9 Å². The number of hydrogen-bond donors (Lipinski definition) is 0. The summed E-state index contributed by atoms with van der Waals surface area (Å²) in [4.78, 5) is 12.4. The van der Waals surface area contributed by atoms with E-state index in [9.17, 15) is 4.79 Å². The van der Waals surface area contributed by atoms with Crippen LogP contribution in [0.3, 0.4) is 0 Å². The summed E-state index contributed by atoms with van der Waals surface area (Å²) in [7, 11) is 1.60. The van der Waals surface area contributed by atoms with Crippen LogP contribution in [0.4, 0.5) is 0 Å². The first-order valence-electron chi connectivity index (χ1n) is 6.00. The normalized spacial score (nSPS) is 9.85. The van der Waals surface area contributed by atoms with Crippen LogP contribution in [0.2, 0.25) is 0 Å². The summed E-state index contributed by atoms with van der Waals surface area (Å²) in [6.07, 6.45) is 0.251. The molecule has 2 aromatic carbocycles. The van der Waals surface area contributed by atoms with Crippen LogP contribution in [0.1, 0.15) is 21.5 Å². The topological polar surface area (TPSA) is 50.1 Å². The minimum absolute atomic E-state index is 0.0841. The zero-order chi connectivity index (χ0) is 14.5. The number of nitrogens with zero attached hydrogens (tertiary/aromatic N) is 1. The van der Waals surface area contributed by atoms with Crippen LogP contribution in [0.5, 0.6) is 5.75 Å². The van der Waals surface area contributed by atoms with Gasteiger partial charge in [0.05, 0.1) is 18.7 Å². The average molecular weight is 330 g/mol. The summed E-state index contributed by atoms with van der Waals surface area (Å²) in [6.45, 7) is 0. The van der Waals surface area contributed by atoms with Crippen molar-refractivity contribution in [3.63, 3.8) is 0 Å². The summed E-state index contributed by atoms with van der Waals surface area (Å²) >= 11 is 3.33. The van der Waals surface area contributed by atoms with Gasteiger partial charge in [-0.05, 0) is 29.8 Å². The van der Waals surface area contributed by atoms with Gasteiger partial charge in [0.2, 0.25) is 0 Å². The Labute approximate surface area is 125 Å². The van der Waals surface area contributed by atoms with Crippen LogP contribution < -0.4 is 4.74 Å². The molecule has 20 heavy (non-hydrogen) atoms. The van der Waals surface area contributed by atoms with Crippen LogP contribution in [-0.2, 0) is 6.42 Å². The van der Waals surface area contributed by atoms with Crippen molar-refractivity contribution >= 4 is 21.7 Å². The van der Waals surface area contributed by atoms with E-state index in [1.165, 1.54) is 0 Å². The minimum Gasteiger partial charge on any atom is -0.497 e. The number of hydrogen-bond acceptors (Lipinski definition) is 3. The molecule has 0 aliphatic rings. The summed E-state index contributed by atoms with van der Waals surface area (Å²) in [5.41, 5.74) is 1.71. The highest BCUT2D eigenvalue weighted by Gasteiger charge is 2.15. The quantitative estimate of drug-likeness (QED) is 0.802. The molecular weight excluding hydrogens is 318 g/mol. The first kappa shape index (κ1) is 14.3. The van der Waals surface area contributed by atoms with Crippen molar-refractivity contribution in [2.24, 2.45) is 0 Å². The Morgan fingerprint density at radius 1 is 1.25 bits per heavy atom. The van der Waals surface area contributed by atoms with Gasteiger partial charge < -0.3 is 4.74 Å². The molecule has 0 amide bonds. The zero-order valence-corrected chi connectivity index (χ0v) is 12.5. The number of carbonyl (C=O) groups is 1. The Morgan fingerprint density at radius 3 is 2.55 bits per heavy atom. The summed E-state index contributed by atoms with van der Waals surface area (Å²) < 4.78 is 5.73. The van der Waals surface area contributed by atoms with E-state index < -0.39 is 0 Å². The van der Waals surface area contributed by atoms with E-state index in [2.05, 4.69) is 22.0 Å². The second kappa shape index (κ2) is 6.36. The van der Waals surface area contributed by atoms with E-state index >= 15 is 0 Å². The Morgan fingerprint density at radius 2 is 1.95 bits per heavy atom. The molecule has 3 nitrogen and oxygen atoms in total. The van der Waals surface area contributed by atoms with Gasteiger partial charge in [0, 0.05) is 16.5 Å². The molecule has 0 spiro atoms. The molecule has 0 aromatic heterocycles. The molecule has 0 heterocycles. The highest BCUT2D eigenvalue weighted by Crippen LogP contribution is 2.22. The van der Waals surface area contributed by atoms with Crippen molar-refractivity contribution in [1.29, 1.82) is 5.26 Å². The lowest BCUT2D eigenvalue weighted by Gasteiger charge is -2.07. The van der Waals surface area contributed by atoms with Gasteiger partial charge in [0.25, 0.3) is 0 Å². The van der Waals surface area contributed by atoms with Crippen LogP contribution in [0.25, 0.3) is 0 Å². The van der Waals surface area contributed by atoms with Gasteiger partial charge in [-0.15, -0.1) is 0 Å². The lowest BCUT2D eigenvalue weighted by atomic mass is 9.99. The lowest BCUT2D eigenvalue weighted by molar-refractivity contribution is 0.0992. The Balaban J connectivity index is 2.26. The fourth-order valence-electron chi connectivity index (χ4n) is 1.92. The largest absolute Gasteiger partial charge is 0.497 e. The number of Topliss-reactive ketones (excluding diaryl/α,β-unsaturated/α-hetero) is 1. The van der Waals surface area contributed by atoms with E-state index in [-0.39, 0.29) is 12.2 Å². The minimum atomic E-state index is -0.0841. The fraction of sp³-hybridized carbons (Fsp3) is 0.125. The number of ketones is 1. The summed E-state index contributed by atoms with van der Waals surface area (Å²) in [6, 6.07) is 14.5. The van der Waals surface area contributed by atoms with Gasteiger partial charge in [0.1, 0.15) is 5.75 Å². The fourth-order valence-corrected chi connectivity index (χ4v) is 2.51. The van der Waals surface area contributed by atoms with Crippen molar-refractivity contribution < 1.29 is 9.53 Å². The molecule has 0 bridgehead atoms. The van der Waals surface area contributed by atoms with Gasteiger partial charge >= 0.3 is 0 Å². The van der Waals surface area contributed by atoms with Crippen LogP contribution in [0.15, 0.2) is 46.9 Å². The molecule has 0 aliphatic heterocycles. The maximum atomic E-state index is 12.4. The number of ether oxygens (including phenoxy) is 1. The van der Waals surface area contributed by atoms with Gasteiger partial charge in [-0.2, -0.15) is 5.26 Å². The third-order valence-corrected chi connectivity index (χ3v) is 3.60. The van der Waals surface area contributed by atoms with Crippen molar-refractivity contribution in [3.8, 4) is 11.8 Å². The van der Waals surface area contributed by atoms with Crippen molar-refractivity contribution in [3.05, 3.63) is 63.6 Å². The first-order valence-corrected chi connectivity index (χ1v) is 6.79. The predicted molar refractivity (Wildman–Crippen MR) is 79.9 cm³/mol. The van der Waals surface area contributed by atoms with E-state index in [1.54, 1.807) is 25.3 Å². The molecule has 4 heteroatoms. The van der Waals surface area contributed by atoms with Gasteiger partial charge in [-0.25, -0.2) is 0 Å². The highest BCUT2D eigenvalue weighted by molar-refractivity contribution is 9.10. The molecule has 0 unspecified atom stereocenters. The van der Waals surface area contributed by atoms with Crippen LogP contribution in [-0.4, -0.2) is 12.9 Å².